The van der Waals surface area contributed by atoms with Gasteiger partial charge in [0, 0.05) is 39.3 Å². The lowest BCUT2D eigenvalue weighted by Crippen LogP contribution is -2.30. The van der Waals surface area contributed by atoms with Crippen LogP contribution in [0.5, 0.6) is 0 Å². The first-order valence-corrected chi connectivity index (χ1v) is 23.3. The second-order valence-corrected chi connectivity index (χ2v) is 17.8. The summed E-state index contributed by atoms with van der Waals surface area (Å²) in [7, 11) is 0. The number of rotatable bonds is 7. The number of hydrogen-bond acceptors (Lipinski definition) is 4. The van der Waals surface area contributed by atoms with Crippen molar-refractivity contribution in [1.29, 1.82) is 5.41 Å². The molecule has 13 rings (SSSR count). The van der Waals surface area contributed by atoms with Crippen molar-refractivity contribution in [3.05, 3.63) is 252 Å². The average molecular weight is 875 g/mol. The molecule has 10 aromatic rings. The fourth-order valence-electron chi connectivity index (χ4n) is 10.9. The fraction of sp³-hybridized carbons (Fsp3) is 0.0323. The number of nitrogens with one attached hydrogen (secondary N) is 1. The quantitative estimate of drug-likeness (QED) is 0.122. The van der Waals surface area contributed by atoms with Crippen LogP contribution >= 0.6 is 12.8 Å². The zero-order chi connectivity index (χ0) is 44.6. The maximum atomic E-state index is 9.94. The Balaban J connectivity index is 0.930. The lowest BCUT2D eigenvalue weighted by atomic mass is 9.75. The lowest BCUT2D eigenvalue weighted by molar-refractivity contribution is 1.02. The maximum Gasteiger partial charge on any atom is 0.106 e. The number of aromatic nitrogens is 1. The van der Waals surface area contributed by atoms with E-state index in [-0.39, 0.29) is 5.92 Å². The predicted molar refractivity (Wildman–Crippen MR) is 286 cm³/mol. The molecule has 9 aromatic carbocycles. The molecule has 5 heteroatoms. The van der Waals surface area contributed by atoms with Crippen molar-refractivity contribution in [2.75, 3.05) is 4.90 Å². The van der Waals surface area contributed by atoms with Crippen LogP contribution in [-0.2, 0) is 0 Å². The number of para-hydroxylation sites is 2. The third-order valence-electron chi connectivity index (χ3n) is 14.0. The van der Waals surface area contributed by atoms with Crippen molar-refractivity contribution in [3.8, 4) is 16.8 Å². The van der Waals surface area contributed by atoms with Crippen molar-refractivity contribution in [3.63, 3.8) is 0 Å². The van der Waals surface area contributed by atoms with E-state index in [9.17, 15) is 5.41 Å². The first-order valence-electron chi connectivity index (χ1n) is 22.9. The van der Waals surface area contributed by atoms with Crippen molar-refractivity contribution in [2.45, 2.75) is 12.3 Å². The molecule has 1 heterocycles. The van der Waals surface area contributed by atoms with Crippen LogP contribution in [0.4, 0.5) is 11.4 Å². The molecule has 67 heavy (non-hydrogen) atoms. The molecule has 1 N–H and O–H groups in total. The highest BCUT2D eigenvalue weighted by atomic mass is 32.1. The third-order valence-corrected chi connectivity index (χ3v) is 14.2. The van der Waals surface area contributed by atoms with Crippen LogP contribution in [0, 0.1) is 5.41 Å². The van der Waals surface area contributed by atoms with Gasteiger partial charge in [-0.2, -0.15) is 0 Å². The van der Waals surface area contributed by atoms with Gasteiger partial charge in [0.25, 0.3) is 0 Å². The summed E-state index contributed by atoms with van der Waals surface area (Å²) >= 11 is 4.58. The van der Waals surface area contributed by atoms with Crippen molar-refractivity contribution in [1.82, 2.24) is 4.57 Å². The highest BCUT2D eigenvalue weighted by Gasteiger charge is 2.30. The van der Waals surface area contributed by atoms with E-state index in [0.717, 1.165) is 67.6 Å². The average Bonchev–Trinajstić information content (AvgIpc) is 3.74. The summed E-state index contributed by atoms with van der Waals surface area (Å²) < 4.78 is 6.92. The standard InChI is InChI=1S/C62H42N4S/c63-61-57(36-34-50(62(61)64-67)45-24-21-42-29-35-56-60(54(42)37-45)52-18-7-8-20-55(52)66(56)47-16-5-2-6-17-47)65(48-30-25-40(26-31-48)39-11-3-1-4-12-39)49-32-27-41(28-33-49)53-38-46-15-9-13-43-22-23-44-14-10-19-51(53)59(44)58(43)46/h1-14,16-38,53,63,67H,15H2. The van der Waals surface area contributed by atoms with Gasteiger partial charge in [0.1, 0.15) is 11.4 Å². The Morgan fingerprint density at radius 3 is 2.09 bits per heavy atom. The zero-order valence-corrected chi connectivity index (χ0v) is 37.3. The van der Waals surface area contributed by atoms with Gasteiger partial charge in [-0.1, -0.05) is 158 Å². The molecular weight excluding hydrogens is 833 g/mol. The number of thiol groups is 1. The Bertz CT molecular complexity index is 3830. The molecule has 3 aliphatic carbocycles. The van der Waals surface area contributed by atoms with Crippen molar-refractivity contribution in [2.24, 2.45) is 4.40 Å². The summed E-state index contributed by atoms with van der Waals surface area (Å²) in [5.41, 5.74) is 17.6. The topological polar surface area (TPSA) is 44.4 Å². The Kier molecular flexibility index (Phi) is 9.19. The van der Waals surface area contributed by atoms with E-state index in [4.69, 9.17) is 0 Å². The van der Waals surface area contributed by atoms with Gasteiger partial charge in [-0.3, -0.25) is 5.41 Å². The number of fused-ring (bicyclic) bond motifs is 5. The van der Waals surface area contributed by atoms with Gasteiger partial charge >= 0.3 is 0 Å². The second kappa shape index (κ2) is 15.7. The Morgan fingerprint density at radius 2 is 1.28 bits per heavy atom. The maximum absolute atomic E-state index is 9.94. The van der Waals surface area contributed by atoms with Crippen LogP contribution in [0.2, 0.25) is 0 Å². The van der Waals surface area contributed by atoms with Crippen molar-refractivity contribution >= 4 is 96.2 Å². The summed E-state index contributed by atoms with van der Waals surface area (Å²) in [5, 5.41) is 17.3. The molecule has 3 aliphatic rings. The van der Waals surface area contributed by atoms with Gasteiger partial charge in [-0.25, -0.2) is 4.40 Å². The fourth-order valence-corrected chi connectivity index (χ4v) is 11.1. The molecule has 0 saturated carbocycles. The van der Waals surface area contributed by atoms with Crippen LogP contribution in [0.1, 0.15) is 40.2 Å². The number of anilines is 2. The summed E-state index contributed by atoms with van der Waals surface area (Å²) in [5.74, 6) is 0.124. The molecular formula is C62H42N4S. The van der Waals surface area contributed by atoms with E-state index < -0.39 is 0 Å². The number of allylic oxidation sites excluding steroid dienone is 7. The minimum Gasteiger partial charge on any atom is -0.309 e. The van der Waals surface area contributed by atoms with Crippen LogP contribution in [0.3, 0.4) is 0 Å². The van der Waals surface area contributed by atoms with Gasteiger partial charge in [-0.05, 0) is 152 Å². The van der Waals surface area contributed by atoms with E-state index in [0.29, 0.717) is 17.1 Å². The minimum atomic E-state index is 0.124. The molecule has 0 bridgehead atoms. The van der Waals surface area contributed by atoms with Gasteiger partial charge in [0.15, 0.2) is 0 Å². The van der Waals surface area contributed by atoms with E-state index in [1.54, 1.807) is 0 Å². The monoisotopic (exact) mass is 874 g/mol. The largest absolute Gasteiger partial charge is 0.309 e. The van der Waals surface area contributed by atoms with Gasteiger partial charge in [0.05, 0.1) is 16.7 Å². The van der Waals surface area contributed by atoms with Crippen LogP contribution < -0.4 is 4.90 Å². The Hall–Kier alpha value is -8.25. The number of hydrogen-bond donors (Lipinski definition) is 2. The molecule has 0 spiro atoms. The molecule has 1 atom stereocenters. The predicted octanol–water partition coefficient (Wildman–Crippen LogP) is 16.1. The molecule has 1 unspecified atom stereocenters. The molecule has 0 fully saturated rings. The summed E-state index contributed by atoms with van der Waals surface area (Å²) in [6.45, 7) is 0. The first kappa shape index (κ1) is 39.1. The van der Waals surface area contributed by atoms with Crippen LogP contribution in [0.25, 0.3) is 77.4 Å². The van der Waals surface area contributed by atoms with Crippen LogP contribution in [0.15, 0.2) is 229 Å². The van der Waals surface area contributed by atoms with Crippen LogP contribution in [-0.4, -0.2) is 16.0 Å². The van der Waals surface area contributed by atoms with Crippen molar-refractivity contribution < 1.29 is 0 Å². The molecule has 0 radical (unpaired) electrons. The van der Waals surface area contributed by atoms with Gasteiger partial charge in [-0.15, -0.1) is 0 Å². The Labute approximate surface area is 394 Å². The van der Waals surface area contributed by atoms with E-state index in [1.165, 1.54) is 49.4 Å². The molecule has 0 aliphatic heterocycles. The number of nitrogens with zero attached hydrogens (tertiary/aromatic N) is 3. The van der Waals surface area contributed by atoms with Gasteiger partial charge < -0.3 is 9.47 Å². The molecule has 0 saturated heterocycles. The second-order valence-electron chi connectivity index (χ2n) is 17.6. The third kappa shape index (κ3) is 6.30. The summed E-state index contributed by atoms with van der Waals surface area (Å²) in [4.78, 5) is 2.18. The van der Waals surface area contributed by atoms with Gasteiger partial charge in [0.2, 0.25) is 0 Å². The van der Waals surface area contributed by atoms with E-state index in [2.05, 4.69) is 245 Å². The normalized spacial score (nSPS) is 15.9. The first-order chi connectivity index (χ1) is 33.1. The molecule has 4 nitrogen and oxygen atoms in total. The summed E-state index contributed by atoms with van der Waals surface area (Å²) in [6.07, 6.45) is 12.1. The minimum absolute atomic E-state index is 0.124. The number of benzene rings is 9. The molecule has 1 aromatic heterocycles. The highest BCUT2D eigenvalue weighted by Crippen LogP contribution is 2.47. The highest BCUT2D eigenvalue weighted by molar-refractivity contribution is 7.79. The molecule has 0 amide bonds. The molecule has 316 valence electrons. The summed E-state index contributed by atoms with van der Waals surface area (Å²) in [6, 6.07) is 69.5. The zero-order valence-electron chi connectivity index (χ0n) is 36.4. The SMILES string of the molecule is N=C1C(N(c2ccc(-c3ccccc3)cc2)c2ccc(C3C=C4CC=Cc5ccc6cccc3c6c54)cc2)=CC=C(c2ccc3ccc4c(c3c2)c2ccccc2n4-c2ccccc2)C1=NS. The van der Waals surface area contributed by atoms with E-state index >= 15 is 0 Å². The lowest BCUT2D eigenvalue weighted by Gasteiger charge is -2.31. The Morgan fingerprint density at radius 1 is 0.582 bits per heavy atom. The smallest absolute Gasteiger partial charge is 0.106 e. The van der Waals surface area contributed by atoms with E-state index in [1.807, 2.05) is 6.07 Å².